The zero-order valence-electron chi connectivity index (χ0n) is 18.3. The van der Waals surface area contributed by atoms with E-state index < -0.39 is 0 Å². The molecule has 0 unspecified atom stereocenters. The minimum atomic E-state index is 0.910. The molecule has 0 bridgehead atoms. The van der Waals surface area contributed by atoms with E-state index in [4.69, 9.17) is 9.97 Å². The number of aryl methyl sites for hydroxylation is 2. The molecule has 32 heavy (non-hydrogen) atoms. The van der Waals surface area contributed by atoms with Gasteiger partial charge in [-0.2, -0.15) is 0 Å². The first-order chi connectivity index (χ1) is 15.7. The molecule has 0 aliphatic heterocycles. The average Bonchev–Trinajstić information content (AvgIpc) is 2.85. The van der Waals surface area contributed by atoms with Gasteiger partial charge in [-0.1, -0.05) is 109 Å². The molecule has 0 spiro atoms. The van der Waals surface area contributed by atoms with Crippen molar-refractivity contribution in [1.29, 1.82) is 0 Å². The second kappa shape index (κ2) is 8.60. The summed E-state index contributed by atoms with van der Waals surface area (Å²) in [5.74, 6) is 0. The lowest BCUT2D eigenvalue weighted by molar-refractivity contribution is 1.13. The van der Waals surface area contributed by atoms with Gasteiger partial charge in [0.1, 0.15) is 0 Å². The molecule has 0 aliphatic rings. The molecule has 2 nitrogen and oxygen atoms in total. The lowest BCUT2D eigenvalue weighted by Crippen LogP contribution is -2.01. The molecule has 2 heteroatoms. The van der Waals surface area contributed by atoms with Crippen molar-refractivity contribution in [2.24, 2.45) is 0 Å². The topological polar surface area (TPSA) is 25.8 Å². The predicted octanol–water partition coefficient (Wildman–Crippen LogP) is 7.76. The number of nitrogens with zero attached hydrogens (tertiary/aromatic N) is 2. The van der Waals surface area contributed by atoms with Crippen molar-refractivity contribution in [1.82, 2.24) is 9.97 Å². The Hall–Kier alpha value is -4.04. The Bertz CT molecular complexity index is 1360. The van der Waals surface area contributed by atoms with Crippen molar-refractivity contribution in [2.75, 3.05) is 0 Å². The summed E-state index contributed by atoms with van der Waals surface area (Å²) in [6, 6.07) is 37.7. The van der Waals surface area contributed by atoms with Gasteiger partial charge in [0.05, 0.1) is 22.8 Å². The maximum absolute atomic E-state index is 5.17. The highest BCUT2D eigenvalue weighted by Gasteiger charge is 2.17. The second-order valence-corrected chi connectivity index (χ2v) is 7.98. The number of hydrogen-bond donors (Lipinski definition) is 0. The van der Waals surface area contributed by atoms with Gasteiger partial charge in [-0.05, 0) is 30.5 Å². The first kappa shape index (κ1) is 19.9. The van der Waals surface area contributed by atoms with Gasteiger partial charge in [0, 0.05) is 16.7 Å². The van der Waals surface area contributed by atoms with Crippen LogP contribution in [0.4, 0.5) is 0 Å². The van der Waals surface area contributed by atoms with Gasteiger partial charge < -0.3 is 0 Å². The quantitative estimate of drug-likeness (QED) is 0.301. The van der Waals surface area contributed by atoms with E-state index in [2.05, 4.69) is 91.9 Å². The number of benzene rings is 4. The van der Waals surface area contributed by atoms with Crippen molar-refractivity contribution in [3.05, 3.63) is 120 Å². The fourth-order valence-electron chi connectivity index (χ4n) is 4.07. The summed E-state index contributed by atoms with van der Waals surface area (Å²) < 4.78 is 0. The van der Waals surface area contributed by atoms with Crippen LogP contribution in [0, 0.1) is 13.8 Å². The molecule has 0 radical (unpaired) electrons. The van der Waals surface area contributed by atoms with E-state index in [1.807, 2.05) is 31.2 Å². The van der Waals surface area contributed by atoms with E-state index >= 15 is 0 Å². The Morgan fingerprint density at radius 1 is 0.406 bits per heavy atom. The highest BCUT2D eigenvalue weighted by molar-refractivity contribution is 5.82. The van der Waals surface area contributed by atoms with Crippen molar-refractivity contribution in [3.63, 3.8) is 0 Å². The van der Waals surface area contributed by atoms with Gasteiger partial charge in [0.15, 0.2) is 0 Å². The maximum Gasteiger partial charge on any atom is 0.0973 e. The van der Waals surface area contributed by atoms with Crippen molar-refractivity contribution in [2.45, 2.75) is 13.8 Å². The highest BCUT2D eigenvalue weighted by atomic mass is 14.8. The number of rotatable bonds is 4. The monoisotopic (exact) mass is 412 g/mol. The van der Waals surface area contributed by atoms with E-state index in [0.717, 1.165) is 39.5 Å². The summed E-state index contributed by atoms with van der Waals surface area (Å²) in [6.07, 6.45) is 0. The van der Waals surface area contributed by atoms with E-state index in [-0.39, 0.29) is 0 Å². The molecule has 0 saturated carbocycles. The van der Waals surface area contributed by atoms with E-state index in [9.17, 15) is 0 Å². The molecule has 4 aromatic carbocycles. The van der Waals surface area contributed by atoms with Gasteiger partial charge in [-0.15, -0.1) is 0 Å². The van der Waals surface area contributed by atoms with E-state index in [1.54, 1.807) is 0 Å². The zero-order chi connectivity index (χ0) is 21.9. The highest BCUT2D eigenvalue weighted by Crippen LogP contribution is 2.34. The third-order valence-corrected chi connectivity index (χ3v) is 5.78. The summed E-state index contributed by atoms with van der Waals surface area (Å²) in [6.45, 7) is 4.17. The van der Waals surface area contributed by atoms with Crippen molar-refractivity contribution >= 4 is 0 Å². The van der Waals surface area contributed by atoms with Gasteiger partial charge in [0.2, 0.25) is 0 Å². The van der Waals surface area contributed by atoms with Crippen LogP contribution in [0.1, 0.15) is 11.3 Å². The van der Waals surface area contributed by atoms with Gasteiger partial charge in [-0.25, -0.2) is 9.97 Å². The van der Waals surface area contributed by atoms with Crippen molar-refractivity contribution < 1.29 is 0 Å². The maximum atomic E-state index is 5.17. The Balaban J connectivity index is 1.65. The first-order valence-corrected chi connectivity index (χ1v) is 10.9. The Kier molecular flexibility index (Phi) is 5.35. The van der Waals surface area contributed by atoms with Crippen LogP contribution in [0.3, 0.4) is 0 Å². The Morgan fingerprint density at radius 2 is 0.906 bits per heavy atom. The average molecular weight is 413 g/mol. The standard InChI is InChI=1S/C30H24N2/c1-21-11-9-10-16-27(21)30-29(25-14-7-4-8-15-25)32-28(22(2)31-30)26-19-17-24(18-20-26)23-12-5-3-6-13-23/h3-20H,1-2H3. The molecule has 0 aliphatic carbocycles. The summed E-state index contributed by atoms with van der Waals surface area (Å²) in [5.41, 5.74) is 10.5. The Labute approximate surface area is 189 Å². The lowest BCUT2D eigenvalue weighted by Gasteiger charge is -2.15. The first-order valence-electron chi connectivity index (χ1n) is 10.9. The Morgan fingerprint density at radius 3 is 1.56 bits per heavy atom. The summed E-state index contributed by atoms with van der Waals surface area (Å²) in [5, 5.41) is 0. The van der Waals surface area contributed by atoms with E-state index in [1.165, 1.54) is 16.7 Å². The molecule has 0 atom stereocenters. The SMILES string of the molecule is Cc1ccccc1-c1nc(C)c(-c2ccc(-c3ccccc3)cc2)nc1-c1ccccc1. The molecule has 0 amide bonds. The van der Waals surface area contributed by atoms with Gasteiger partial charge >= 0.3 is 0 Å². The third-order valence-electron chi connectivity index (χ3n) is 5.78. The van der Waals surface area contributed by atoms with Gasteiger partial charge in [-0.3, -0.25) is 0 Å². The predicted molar refractivity (Wildman–Crippen MR) is 133 cm³/mol. The molecule has 5 rings (SSSR count). The minimum Gasteiger partial charge on any atom is -0.249 e. The van der Waals surface area contributed by atoms with Crippen LogP contribution in [-0.2, 0) is 0 Å². The summed E-state index contributed by atoms with van der Waals surface area (Å²) in [7, 11) is 0. The molecular weight excluding hydrogens is 388 g/mol. The largest absolute Gasteiger partial charge is 0.249 e. The molecule has 0 N–H and O–H groups in total. The molecule has 1 aromatic heterocycles. The van der Waals surface area contributed by atoms with Crippen LogP contribution < -0.4 is 0 Å². The second-order valence-electron chi connectivity index (χ2n) is 7.98. The van der Waals surface area contributed by atoms with Crippen LogP contribution in [0.2, 0.25) is 0 Å². The van der Waals surface area contributed by atoms with Crippen LogP contribution >= 0.6 is 0 Å². The van der Waals surface area contributed by atoms with Crippen LogP contribution in [0.15, 0.2) is 109 Å². The minimum absolute atomic E-state index is 0.910. The van der Waals surface area contributed by atoms with Crippen LogP contribution in [-0.4, -0.2) is 9.97 Å². The molecule has 1 heterocycles. The number of hydrogen-bond acceptors (Lipinski definition) is 2. The van der Waals surface area contributed by atoms with E-state index in [0.29, 0.717) is 0 Å². The lowest BCUT2D eigenvalue weighted by atomic mass is 9.98. The smallest absolute Gasteiger partial charge is 0.0973 e. The molecule has 154 valence electrons. The summed E-state index contributed by atoms with van der Waals surface area (Å²) in [4.78, 5) is 10.2. The molecule has 5 aromatic rings. The molecule has 0 saturated heterocycles. The fraction of sp³-hybridized carbons (Fsp3) is 0.0667. The fourth-order valence-corrected chi connectivity index (χ4v) is 4.07. The van der Waals surface area contributed by atoms with Gasteiger partial charge in [0.25, 0.3) is 0 Å². The molecule has 0 fully saturated rings. The third kappa shape index (κ3) is 3.83. The summed E-state index contributed by atoms with van der Waals surface area (Å²) >= 11 is 0. The zero-order valence-corrected chi connectivity index (χ0v) is 18.3. The molecular formula is C30H24N2. The van der Waals surface area contributed by atoms with Crippen LogP contribution in [0.25, 0.3) is 44.9 Å². The van der Waals surface area contributed by atoms with Crippen LogP contribution in [0.5, 0.6) is 0 Å². The number of aromatic nitrogens is 2. The normalized spacial score (nSPS) is 10.8. The van der Waals surface area contributed by atoms with Crippen molar-refractivity contribution in [3.8, 4) is 44.9 Å².